The first-order valence-corrected chi connectivity index (χ1v) is 14.8. The van der Waals surface area contributed by atoms with Gasteiger partial charge in [0.1, 0.15) is 0 Å². The molecule has 2 aliphatic rings. The van der Waals surface area contributed by atoms with Crippen LogP contribution in [0, 0.1) is 0 Å². The molecule has 0 saturated carbocycles. The number of hydrogen-bond donors (Lipinski definition) is 0. The lowest BCUT2D eigenvalue weighted by Gasteiger charge is -2.34. The summed E-state index contributed by atoms with van der Waals surface area (Å²) in [6, 6.07) is 11.7. The number of benzene rings is 2. The Morgan fingerprint density at radius 1 is 0.667 bits per heavy atom. The highest BCUT2D eigenvalue weighted by molar-refractivity contribution is 7.89. The first-order valence-electron chi connectivity index (χ1n) is 11.9. The second kappa shape index (κ2) is 10.3. The minimum atomic E-state index is -3.84. The third-order valence-electron chi connectivity index (χ3n) is 6.24. The molecule has 2 heterocycles. The summed E-state index contributed by atoms with van der Waals surface area (Å²) in [7, 11) is -7.67. The molecule has 4 rings (SSSR count). The molecular formula is C25H32N2O7S2. The van der Waals surface area contributed by atoms with Crippen LogP contribution in [0.2, 0.25) is 0 Å². The van der Waals surface area contributed by atoms with E-state index in [-0.39, 0.29) is 71.5 Å². The van der Waals surface area contributed by atoms with Crippen LogP contribution < -0.4 is 0 Å². The molecule has 2 aromatic carbocycles. The van der Waals surface area contributed by atoms with Gasteiger partial charge in [-0.2, -0.15) is 8.61 Å². The SMILES string of the molecule is CC1CN(S(=O)(=O)c2cccc(C(=O)c3cccc(S(=O)(=O)N4CC(C)OC(C)C4)c3)c2)CC(C)O1. The van der Waals surface area contributed by atoms with Gasteiger partial charge in [-0.25, -0.2) is 16.8 Å². The lowest BCUT2D eigenvalue weighted by Crippen LogP contribution is -2.48. The number of sulfonamides is 2. The standard InChI is InChI=1S/C25H32N2O7S2/c1-17-13-26(14-18(2)33-17)35(29,30)23-9-5-7-21(11-23)25(28)22-8-6-10-24(12-22)36(31,32)27-15-19(3)34-20(4)16-27/h5-12,17-20H,13-16H2,1-4H3. The van der Waals surface area contributed by atoms with Gasteiger partial charge in [0.05, 0.1) is 34.2 Å². The van der Waals surface area contributed by atoms with Crippen LogP contribution in [0.5, 0.6) is 0 Å². The average molecular weight is 537 g/mol. The van der Waals surface area contributed by atoms with Gasteiger partial charge in [-0.3, -0.25) is 4.79 Å². The normalized spacial score (nSPS) is 26.6. The summed E-state index contributed by atoms with van der Waals surface area (Å²) in [6.07, 6.45) is -0.961. The van der Waals surface area contributed by atoms with E-state index < -0.39 is 25.8 Å². The lowest BCUT2D eigenvalue weighted by atomic mass is 10.0. The molecule has 2 aromatic rings. The van der Waals surface area contributed by atoms with E-state index in [0.29, 0.717) is 0 Å². The quantitative estimate of drug-likeness (QED) is 0.522. The minimum absolute atomic E-state index is 0.00900. The highest BCUT2D eigenvalue weighted by Crippen LogP contribution is 2.25. The maximum Gasteiger partial charge on any atom is 0.243 e. The van der Waals surface area contributed by atoms with Crippen molar-refractivity contribution in [3.05, 3.63) is 59.7 Å². The monoisotopic (exact) mass is 536 g/mol. The van der Waals surface area contributed by atoms with Crippen LogP contribution in [0.4, 0.5) is 0 Å². The van der Waals surface area contributed by atoms with Crippen LogP contribution in [-0.4, -0.2) is 81.8 Å². The maximum absolute atomic E-state index is 13.3. The van der Waals surface area contributed by atoms with Gasteiger partial charge < -0.3 is 9.47 Å². The van der Waals surface area contributed by atoms with E-state index in [1.165, 1.54) is 57.1 Å². The van der Waals surface area contributed by atoms with Crippen molar-refractivity contribution in [1.82, 2.24) is 8.61 Å². The zero-order valence-electron chi connectivity index (χ0n) is 20.8. The van der Waals surface area contributed by atoms with Crippen molar-refractivity contribution in [3.8, 4) is 0 Å². The fraction of sp³-hybridized carbons (Fsp3) is 0.480. The van der Waals surface area contributed by atoms with Gasteiger partial charge >= 0.3 is 0 Å². The Kier molecular flexibility index (Phi) is 7.70. The Bertz CT molecular complexity index is 1220. The molecule has 0 spiro atoms. The summed E-state index contributed by atoms with van der Waals surface area (Å²) in [5, 5.41) is 0. The summed E-state index contributed by atoms with van der Waals surface area (Å²) >= 11 is 0. The molecular weight excluding hydrogens is 504 g/mol. The lowest BCUT2D eigenvalue weighted by molar-refractivity contribution is -0.0442. The average Bonchev–Trinajstić information content (AvgIpc) is 2.82. The van der Waals surface area contributed by atoms with Gasteiger partial charge in [0.2, 0.25) is 20.0 Å². The van der Waals surface area contributed by atoms with E-state index in [4.69, 9.17) is 9.47 Å². The van der Waals surface area contributed by atoms with Crippen LogP contribution in [0.15, 0.2) is 58.3 Å². The summed E-state index contributed by atoms with van der Waals surface area (Å²) in [5.41, 5.74) is 0.321. The largest absolute Gasteiger partial charge is 0.373 e. The maximum atomic E-state index is 13.3. The van der Waals surface area contributed by atoms with Gasteiger partial charge in [0.25, 0.3) is 0 Å². The van der Waals surface area contributed by atoms with E-state index in [9.17, 15) is 21.6 Å². The molecule has 36 heavy (non-hydrogen) atoms. The molecule has 0 radical (unpaired) electrons. The third kappa shape index (κ3) is 5.56. The number of ketones is 1. The summed E-state index contributed by atoms with van der Waals surface area (Å²) in [4.78, 5) is 13.3. The van der Waals surface area contributed by atoms with Crippen LogP contribution >= 0.6 is 0 Å². The van der Waals surface area contributed by atoms with Crippen molar-refractivity contribution in [1.29, 1.82) is 0 Å². The van der Waals surface area contributed by atoms with E-state index in [0.717, 1.165) is 0 Å². The van der Waals surface area contributed by atoms with E-state index in [1.54, 1.807) is 0 Å². The zero-order valence-corrected chi connectivity index (χ0v) is 22.5. The predicted molar refractivity (Wildman–Crippen MR) is 134 cm³/mol. The number of carbonyl (C=O) groups excluding carboxylic acids is 1. The molecule has 2 fully saturated rings. The number of rotatable bonds is 6. The molecule has 0 aromatic heterocycles. The van der Waals surface area contributed by atoms with Crippen LogP contribution in [0.1, 0.15) is 43.6 Å². The Hall–Kier alpha value is -2.15. The topological polar surface area (TPSA) is 110 Å². The van der Waals surface area contributed by atoms with Crippen molar-refractivity contribution in [2.75, 3.05) is 26.2 Å². The highest BCUT2D eigenvalue weighted by atomic mass is 32.2. The fourth-order valence-corrected chi connectivity index (χ4v) is 7.99. The van der Waals surface area contributed by atoms with Gasteiger partial charge in [0.15, 0.2) is 5.78 Å². The highest BCUT2D eigenvalue weighted by Gasteiger charge is 2.34. The molecule has 0 bridgehead atoms. The van der Waals surface area contributed by atoms with Gasteiger partial charge in [0, 0.05) is 37.3 Å². The van der Waals surface area contributed by atoms with Crippen molar-refractivity contribution < 1.29 is 31.1 Å². The van der Waals surface area contributed by atoms with Gasteiger partial charge in [-0.05, 0) is 52.0 Å². The molecule has 0 N–H and O–H groups in total. The fourth-order valence-electron chi connectivity index (χ4n) is 4.71. The molecule has 2 saturated heterocycles. The summed E-state index contributed by atoms with van der Waals surface area (Å²) in [6.45, 7) is 8.17. The van der Waals surface area contributed by atoms with Crippen LogP contribution in [0.3, 0.4) is 0 Å². The molecule has 0 amide bonds. The Labute approximate surface area is 213 Å². The molecule has 11 heteroatoms. The molecule has 196 valence electrons. The molecule has 0 aliphatic carbocycles. The molecule has 2 aliphatic heterocycles. The second-order valence-corrected chi connectivity index (χ2v) is 13.4. The number of ether oxygens (including phenoxy) is 2. The molecule has 4 unspecified atom stereocenters. The van der Waals surface area contributed by atoms with E-state index in [2.05, 4.69) is 0 Å². The second-order valence-electron chi connectivity index (χ2n) is 9.54. The Balaban J connectivity index is 1.61. The van der Waals surface area contributed by atoms with Crippen LogP contribution in [0.25, 0.3) is 0 Å². The first kappa shape index (κ1) is 26.9. The van der Waals surface area contributed by atoms with E-state index >= 15 is 0 Å². The van der Waals surface area contributed by atoms with E-state index in [1.807, 2.05) is 27.7 Å². The predicted octanol–water partition coefficient (Wildman–Crippen LogP) is 2.51. The number of carbonyl (C=O) groups is 1. The van der Waals surface area contributed by atoms with Gasteiger partial charge in [-0.15, -0.1) is 0 Å². The van der Waals surface area contributed by atoms with Gasteiger partial charge in [-0.1, -0.05) is 24.3 Å². The zero-order chi connectivity index (χ0) is 26.3. The van der Waals surface area contributed by atoms with Crippen molar-refractivity contribution in [2.24, 2.45) is 0 Å². The Morgan fingerprint density at radius 2 is 1.00 bits per heavy atom. The number of nitrogens with zero attached hydrogens (tertiary/aromatic N) is 2. The smallest absolute Gasteiger partial charge is 0.243 e. The summed E-state index contributed by atoms with van der Waals surface area (Å²) < 4.78 is 67.1. The first-order chi connectivity index (χ1) is 16.9. The van der Waals surface area contributed by atoms with Crippen molar-refractivity contribution in [3.63, 3.8) is 0 Å². The minimum Gasteiger partial charge on any atom is -0.373 e. The third-order valence-corrected chi connectivity index (χ3v) is 9.90. The number of hydrogen-bond acceptors (Lipinski definition) is 7. The molecule has 9 nitrogen and oxygen atoms in total. The number of morpholine rings is 2. The van der Waals surface area contributed by atoms with Crippen molar-refractivity contribution >= 4 is 25.8 Å². The van der Waals surface area contributed by atoms with Crippen molar-refractivity contribution in [2.45, 2.75) is 61.9 Å². The summed E-state index contributed by atoms with van der Waals surface area (Å²) in [5.74, 6) is -0.462. The molecule has 4 atom stereocenters. The van der Waals surface area contributed by atoms with Crippen LogP contribution in [-0.2, 0) is 29.5 Å². The Morgan fingerprint density at radius 3 is 1.33 bits per heavy atom.